The topological polar surface area (TPSA) is 77.3 Å². The minimum atomic E-state index is -0.514. The van der Waals surface area contributed by atoms with Gasteiger partial charge in [0.1, 0.15) is 11.0 Å². The van der Waals surface area contributed by atoms with Crippen LogP contribution in [-0.2, 0) is 4.74 Å². The minimum Gasteiger partial charge on any atom is -0.377 e. The van der Waals surface area contributed by atoms with Crippen molar-refractivity contribution in [2.75, 3.05) is 19.0 Å². The van der Waals surface area contributed by atoms with Crippen molar-refractivity contribution in [3.8, 4) is 0 Å². The van der Waals surface area contributed by atoms with Crippen molar-refractivity contribution in [2.24, 2.45) is 0 Å². The van der Waals surface area contributed by atoms with E-state index >= 15 is 0 Å². The Hall–Kier alpha value is -1.40. The fourth-order valence-electron chi connectivity index (χ4n) is 1.05. The lowest BCUT2D eigenvalue weighted by Gasteiger charge is -2.23. The van der Waals surface area contributed by atoms with Crippen LogP contribution in [0, 0.1) is 10.1 Å². The number of ether oxygens (including phenoxy) is 1. The van der Waals surface area contributed by atoms with Crippen LogP contribution in [0.25, 0.3) is 0 Å². The van der Waals surface area contributed by atoms with E-state index in [2.05, 4.69) is 10.3 Å². The maximum Gasteiger partial charge on any atom is 0.276 e. The second-order valence-corrected chi connectivity index (χ2v) is 4.50. The fraction of sp³-hybridized carbons (Fsp3) is 0.500. The Labute approximate surface area is 104 Å². The van der Waals surface area contributed by atoms with Crippen LogP contribution in [0.5, 0.6) is 0 Å². The average Bonchev–Trinajstić information content (AvgIpc) is 2.26. The molecule has 0 unspecified atom stereocenters. The highest BCUT2D eigenvalue weighted by molar-refractivity contribution is 6.29. The molecule has 1 aromatic heterocycles. The molecule has 0 amide bonds. The molecule has 0 saturated carbocycles. The highest BCUT2D eigenvalue weighted by atomic mass is 35.5. The van der Waals surface area contributed by atoms with Gasteiger partial charge in [-0.25, -0.2) is 4.98 Å². The van der Waals surface area contributed by atoms with Gasteiger partial charge in [0.25, 0.3) is 5.69 Å². The zero-order valence-electron chi connectivity index (χ0n) is 9.86. The summed E-state index contributed by atoms with van der Waals surface area (Å²) in [6.07, 6.45) is 0. The van der Waals surface area contributed by atoms with Gasteiger partial charge in [0, 0.05) is 13.7 Å². The molecule has 0 fully saturated rings. The summed E-state index contributed by atoms with van der Waals surface area (Å²) in [5, 5.41) is 13.7. The van der Waals surface area contributed by atoms with Crippen molar-refractivity contribution in [2.45, 2.75) is 19.4 Å². The van der Waals surface area contributed by atoms with Crippen LogP contribution in [0.4, 0.5) is 11.5 Å². The van der Waals surface area contributed by atoms with Crippen LogP contribution in [0.2, 0.25) is 5.15 Å². The molecule has 0 saturated heterocycles. The van der Waals surface area contributed by atoms with E-state index in [-0.39, 0.29) is 10.8 Å². The van der Waals surface area contributed by atoms with Crippen LogP contribution in [0.15, 0.2) is 12.1 Å². The summed E-state index contributed by atoms with van der Waals surface area (Å²) in [5.41, 5.74) is -0.485. The molecule has 94 valence electrons. The van der Waals surface area contributed by atoms with Gasteiger partial charge in [-0.2, -0.15) is 0 Å². The largest absolute Gasteiger partial charge is 0.377 e. The van der Waals surface area contributed by atoms with Crippen LogP contribution >= 0.6 is 11.6 Å². The van der Waals surface area contributed by atoms with Gasteiger partial charge in [-0.05, 0) is 13.8 Å². The standard InChI is InChI=1S/C10H14ClN3O3/c1-10(2,17-3)6-12-9-5-7(14(15)16)4-8(11)13-9/h4-5H,6H2,1-3H3,(H,12,13). The summed E-state index contributed by atoms with van der Waals surface area (Å²) in [6.45, 7) is 4.24. The lowest BCUT2D eigenvalue weighted by molar-refractivity contribution is -0.384. The van der Waals surface area contributed by atoms with Crippen molar-refractivity contribution in [3.05, 3.63) is 27.4 Å². The zero-order valence-corrected chi connectivity index (χ0v) is 10.6. The Kier molecular flexibility index (Phi) is 4.25. The van der Waals surface area contributed by atoms with Gasteiger partial charge in [0.15, 0.2) is 0 Å². The normalized spacial score (nSPS) is 11.3. The number of hydrogen-bond donors (Lipinski definition) is 1. The van der Waals surface area contributed by atoms with Crippen molar-refractivity contribution in [3.63, 3.8) is 0 Å². The number of aromatic nitrogens is 1. The van der Waals surface area contributed by atoms with E-state index < -0.39 is 10.5 Å². The summed E-state index contributed by atoms with van der Waals surface area (Å²) in [6, 6.07) is 2.53. The molecule has 0 atom stereocenters. The van der Waals surface area contributed by atoms with E-state index in [0.29, 0.717) is 12.4 Å². The van der Waals surface area contributed by atoms with Crippen molar-refractivity contribution in [1.82, 2.24) is 4.98 Å². The summed E-state index contributed by atoms with van der Waals surface area (Å²) in [5.74, 6) is 0.356. The van der Waals surface area contributed by atoms with E-state index in [4.69, 9.17) is 16.3 Å². The summed E-state index contributed by atoms with van der Waals surface area (Å²) in [4.78, 5) is 14.1. The first-order chi connectivity index (χ1) is 7.84. The molecular formula is C10H14ClN3O3. The minimum absolute atomic E-state index is 0.0805. The number of nitrogens with one attached hydrogen (secondary N) is 1. The van der Waals surface area contributed by atoms with Gasteiger partial charge in [0.2, 0.25) is 0 Å². The van der Waals surface area contributed by atoms with Gasteiger partial charge in [-0.1, -0.05) is 11.6 Å². The number of nitrogens with zero attached hydrogens (tertiary/aromatic N) is 2. The number of hydrogen-bond acceptors (Lipinski definition) is 5. The molecule has 0 radical (unpaired) electrons. The maximum atomic E-state index is 10.6. The van der Waals surface area contributed by atoms with E-state index in [9.17, 15) is 10.1 Å². The van der Waals surface area contributed by atoms with Gasteiger partial charge < -0.3 is 10.1 Å². The average molecular weight is 260 g/mol. The van der Waals surface area contributed by atoms with Gasteiger partial charge >= 0.3 is 0 Å². The SMILES string of the molecule is COC(C)(C)CNc1cc([N+](=O)[O-])cc(Cl)n1. The third-order valence-corrected chi connectivity index (χ3v) is 2.43. The Morgan fingerprint density at radius 3 is 2.76 bits per heavy atom. The maximum absolute atomic E-state index is 10.6. The lowest BCUT2D eigenvalue weighted by Crippen LogP contribution is -2.32. The summed E-state index contributed by atoms with van der Waals surface area (Å²) < 4.78 is 5.21. The second-order valence-electron chi connectivity index (χ2n) is 4.11. The predicted molar refractivity (Wildman–Crippen MR) is 65.5 cm³/mol. The van der Waals surface area contributed by atoms with Crippen LogP contribution in [-0.4, -0.2) is 29.2 Å². The number of pyridine rings is 1. The van der Waals surface area contributed by atoms with Crippen LogP contribution in [0.1, 0.15) is 13.8 Å². The smallest absolute Gasteiger partial charge is 0.276 e. The monoisotopic (exact) mass is 259 g/mol. The van der Waals surface area contributed by atoms with Crippen molar-refractivity contribution < 1.29 is 9.66 Å². The Morgan fingerprint density at radius 1 is 1.59 bits per heavy atom. The first-order valence-electron chi connectivity index (χ1n) is 4.95. The molecule has 0 aromatic carbocycles. The van der Waals surface area contributed by atoms with E-state index in [0.717, 1.165) is 0 Å². The molecule has 0 bridgehead atoms. The van der Waals surface area contributed by atoms with Crippen molar-refractivity contribution in [1.29, 1.82) is 0 Å². The quantitative estimate of drug-likeness (QED) is 0.499. The second kappa shape index (κ2) is 5.29. The molecular weight excluding hydrogens is 246 g/mol. The Balaban J connectivity index is 2.81. The third-order valence-electron chi connectivity index (χ3n) is 2.24. The van der Waals surface area contributed by atoms with Gasteiger partial charge in [-0.15, -0.1) is 0 Å². The molecule has 1 heterocycles. The molecule has 1 aromatic rings. The third kappa shape index (κ3) is 4.16. The molecule has 1 rings (SSSR count). The van der Waals surface area contributed by atoms with E-state index in [1.165, 1.54) is 12.1 Å². The van der Waals surface area contributed by atoms with E-state index in [1.807, 2.05) is 13.8 Å². The van der Waals surface area contributed by atoms with Crippen LogP contribution < -0.4 is 5.32 Å². The Bertz CT molecular complexity index is 423. The molecule has 0 aliphatic rings. The molecule has 6 nitrogen and oxygen atoms in total. The number of anilines is 1. The first kappa shape index (κ1) is 13.7. The number of rotatable bonds is 5. The van der Waals surface area contributed by atoms with Gasteiger partial charge in [0.05, 0.1) is 22.7 Å². The molecule has 7 heteroatoms. The number of nitro groups is 1. The fourth-order valence-corrected chi connectivity index (χ4v) is 1.26. The van der Waals surface area contributed by atoms with Gasteiger partial charge in [-0.3, -0.25) is 10.1 Å². The van der Waals surface area contributed by atoms with Crippen molar-refractivity contribution >= 4 is 23.1 Å². The number of methoxy groups -OCH3 is 1. The molecule has 0 aliphatic heterocycles. The van der Waals surface area contributed by atoms with E-state index in [1.54, 1.807) is 7.11 Å². The predicted octanol–water partition coefficient (Wildman–Crippen LogP) is 2.48. The lowest BCUT2D eigenvalue weighted by atomic mass is 10.1. The molecule has 1 N–H and O–H groups in total. The zero-order chi connectivity index (χ0) is 13.1. The molecule has 0 spiro atoms. The number of halogens is 1. The summed E-state index contributed by atoms with van der Waals surface area (Å²) in [7, 11) is 1.59. The molecule has 17 heavy (non-hydrogen) atoms. The summed E-state index contributed by atoms with van der Waals surface area (Å²) >= 11 is 5.69. The first-order valence-corrected chi connectivity index (χ1v) is 5.33. The molecule has 0 aliphatic carbocycles. The van der Waals surface area contributed by atoms with Crippen LogP contribution in [0.3, 0.4) is 0 Å². The Morgan fingerprint density at radius 2 is 2.24 bits per heavy atom. The highest BCUT2D eigenvalue weighted by Crippen LogP contribution is 2.21. The highest BCUT2D eigenvalue weighted by Gasteiger charge is 2.17.